The molecular weight excluding hydrogens is 400 g/mol. The van der Waals surface area contributed by atoms with Crippen molar-refractivity contribution in [1.82, 2.24) is 14.4 Å². The Morgan fingerprint density at radius 1 is 1.30 bits per heavy atom. The van der Waals surface area contributed by atoms with Gasteiger partial charge in [-0.05, 0) is 61.9 Å². The Morgan fingerprint density at radius 2 is 2.17 bits per heavy atom. The number of aryl methyl sites for hydroxylation is 2. The number of rotatable bonds is 4. The van der Waals surface area contributed by atoms with Crippen molar-refractivity contribution in [2.45, 2.75) is 32.8 Å². The molecule has 3 aromatic heterocycles. The Balaban J connectivity index is 1.68. The summed E-state index contributed by atoms with van der Waals surface area (Å²) in [6, 6.07) is 9.73. The number of benzene rings is 1. The lowest BCUT2D eigenvalue weighted by Gasteiger charge is -2.13. The van der Waals surface area contributed by atoms with Gasteiger partial charge in [-0.1, -0.05) is 23.2 Å². The topological polar surface area (TPSA) is 71.4 Å². The zero-order chi connectivity index (χ0) is 20.8. The standard InChI is InChI=1S/C23H23ClN4O2/c1-13-8-14(2)20-15(9-13)10-18(23(29)27-20)21-22(25-11-17-4-3-7-30-17)28-12-16(24)5-6-19(28)26-21/h5-6,8-10,12,17,25H,3-4,7,11H2,1-2H3,(H,27,29). The van der Waals surface area contributed by atoms with Crippen LogP contribution in [-0.2, 0) is 4.74 Å². The van der Waals surface area contributed by atoms with Gasteiger partial charge in [0, 0.05) is 19.3 Å². The lowest BCUT2D eigenvalue weighted by molar-refractivity contribution is 0.120. The van der Waals surface area contributed by atoms with Gasteiger partial charge in [-0.3, -0.25) is 9.20 Å². The third-order valence-electron chi connectivity index (χ3n) is 5.65. The van der Waals surface area contributed by atoms with Gasteiger partial charge < -0.3 is 15.0 Å². The molecule has 1 aliphatic rings. The molecule has 0 saturated carbocycles. The van der Waals surface area contributed by atoms with E-state index in [9.17, 15) is 4.79 Å². The van der Waals surface area contributed by atoms with Gasteiger partial charge in [-0.2, -0.15) is 0 Å². The predicted molar refractivity (Wildman–Crippen MR) is 121 cm³/mol. The van der Waals surface area contributed by atoms with Crippen LogP contribution in [-0.4, -0.2) is 33.6 Å². The molecule has 1 unspecified atom stereocenters. The zero-order valence-corrected chi connectivity index (χ0v) is 17.7. The van der Waals surface area contributed by atoms with E-state index in [2.05, 4.69) is 29.4 Å². The lowest BCUT2D eigenvalue weighted by Crippen LogP contribution is -2.20. The van der Waals surface area contributed by atoms with Gasteiger partial charge in [-0.15, -0.1) is 0 Å². The fraction of sp³-hybridized carbons (Fsp3) is 0.304. The highest BCUT2D eigenvalue weighted by Gasteiger charge is 2.21. The second-order valence-electron chi connectivity index (χ2n) is 7.96. The third kappa shape index (κ3) is 3.36. The van der Waals surface area contributed by atoms with Crippen LogP contribution >= 0.6 is 11.6 Å². The number of nitrogens with one attached hydrogen (secondary N) is 2. The quantitative estimate of drug-likeness (QED) is 0.500. The molecule has 7 heteroatoms. The van der Waals surface area contributed by atoms with Gasteiger partial charge in [0.2, 0.25) is 0 Å². The van der Waals surface area contributed by atoms with E-state index in [0.717, 1.165) is 52.9 Å². The number of imidazole rings is 1. The monoisotopic (exact) mass is 422 g/mol. The van der Waals surface area contributed by atoms with Crippen molar-refractivity contribution in [3.63, 3.8) is 0 Å². The predicted octanol–water partition coefficient (Wildman–Crippen LogP) is 4.70. The molecule has 1 fully saturated rings. The zero-order valence-electron chi connectivity index (χ0n) is 17.0. The Morgan fingerprint density at radius 3 is 2.97 bits per heavy atom. The maximum Gasteiger partial charge on any atom is 0.258 e. The summed E-state index contributed by atoms with van der Waals surface area (Å²) in [5.74, 6) is 0.747. The smallest absolute Gasteiger partial charge is 0.258 e. The molecule has 4 aromatic rings. The molecule has 0 aliphatic carbocycles. The number of fused-ring (bicyclic) bond motifs is 2. The molecule has 5 rings (SSSR count). The minimum absolute atomic E-state index is 0.155. The van der Waals surface area contributed by atoms with Crippen molar-refractivity contribution < 1.29 is 4.74 Å². The fourth-order valence-corrected chi connectivity index (χ4v) is 4.41. The number of aromatic nitrogens is 3. The largest absolute Gasteiger partial charge is 0.376 e. The summed E-state index contributed by atoms with van der Waals surface area (Å²) in [5, 5.41) is 5.06. The number of H-pyrrole nitrogens is 1. The van der Waals surface area contributed by atoms with Gasteiger partial charge >= 0.3 is 0 Å². The van der Waals surface area contributed by atoms with Gasteiger partial charge in [0.15, 0.2) is 0 Å². The van der Waals surface area contributed by atoms with E-state index < -0.39 is 0 Å². The lowest BCUT2D eigenvalue weighted by atomic mass is 10.0. The maximum absolute atomic E-state index is 13.0. The summed E-state index contributed by atoms with van der Waals surface area (Å²) in [6.07, 6.45) is 4.06. The second-order valence-corrected chi connectivity index (χ2v) is 8.40. The Bertz CT molecular complexity index is 1320. The summed E-state index contributed by atoms with van der Waals surface area (Å²) < 4.78 is 7.65. The maximum atomic E-state index is 13.0. The summed E-state index contributed by atoms with van der Waals surface area (Å²) in [5.41, 5.74) is 4.76. The Hall–Kier alpha value is -2.83. The first-order valence-electron chi connectivity index (χ1n) is 10.2. The van der Waals surface area contributed by atoms with E-state index in [1.165, 1.54) is 0 Å². The van der Waals surface area contributed by atoms with Crippen LogP contribution in [0.1, 0.15) is 24.0 Å². The molecule has 6 nitrogen and oxygen atoms in total. The van der Waals surface area contributed by atoms with Crippen molar-refractivity contribution >= 4 is 34.0 Å². The van der Waals surface area contributed by atoms with Crippen LogP contribution in [0.25, 0.3) is 27.8 Å². The minimum Gasteiger partial charge on any atom is -0.376 e. The van der Waals surface area contributed by atoms with Gasteiger partial charge in [-0.25, -0.2) is 4.98 Å². The normalized spacial score (nSPS) is 16.6. The van der Waals surface area contributed by atoms with Gasteiger partial charge in [0.1, 0.15) is 17.2 Å². The molecule has 30 heavy (non-hydrogen) atoms. The highest BCUT2D eigenvalue weighted by atomic mass is 35.5. The molecule has 4 heterocycles. The molecule has 0 radical (unpaired) electrons. The van der Waals surface area contributed by atoms with Crippen molar-refractivity contribution in [3.05, 3.63) is 63.0 Å². The number of halogens is 1. The molecule has 0 spiro atoms. The van der Waals surface area contributed by atoms with Gasteiger partial charge in [0.05, 0.1) is 22.2 Å². The van der Waals surface area contributed by atoms with Crippen LogP contribution in [0.3, 0.4) is 0 Å². The van der Waals surface area contributed by atoms with Crippen LogP contribution in [0.2, 0.25) is 5.02 Å². The molecule has 1 saturated heterocycles. The number of anilines is 1. The van der Waals surface area contributed by atoms with E-state index >= 15 is 0 Å². The SMILES string of the molecule is Cc1cc(C)c2[nH]c(=O)c(-c3nc4ccc(Cl)cn4c3NCC3CCCO3)cc2c1. The summed E-state index contributed by atoms with van der Waals surface area (Å²) in [4.78, 5) is 20.9. The minimum atomic E-state index is -0.163. The first-order valence-corrected chi connectivity index (χ1v) is 10.5. The number of aromatic amines is 1. The number of ether oxygens (including phenoxy) is 1. The third-order valence-corrected chi connectivity index (χ3v) is 5.88. The summed E-state index contributed by atoms with van der Waals surface area (Å²) in [7, 11) is 0. The molecule has 154 valence electrons. The summed E-state index contributed by atoms with van der Waals surface area (Å²) in [6.45, 7) is 5.50. The molecule has 1 aromatic carbocycles. The highest BCUT2D eigenvalue weighted by Crippen LogP contribution is 2.30. The average Bonchev–Trinajstić information content (AvgIpc) is 3.34. The van der Waals surface area contributed by atoms with E-state index in [0.29, 0.717) is 22.8 Å². The molecule has 1 aliphatic heterocycles. The van der Waals surface area contributed by atoms with E-state index in [1.807, 2.05) is 29.7 Å². The number of pyridine rings is 2. The van der Waals surface area contributed by atoms with Gasteiger partial charge in [0.25, 0.3) is 5.56 Å². The van der Waals surface area contributed by atoms with Crippen molar-refractivity contribution in [3.8, 4) is 11.3 Å². The van der Waals surface area contributed by atoms with Crippen LogP contribution in [0, 0.1) is 13.8 Å². The van der Waals surface area contributed by atoms with Crippen LogP contribution in [0.4, 0.5) is 5.82 Å². The first kappa shape index (κ1) is 19.2. The molecular formula is C23H23ClN4O2. The average molecular weight is 423 g/mol. The van der Waals surface area contributed by atoms with Crippen LogP contribution in [0.5, 0.6) is 0 Å². The van der Waals surface area contributed by atoms with Crippen molar-refractivity contribution in [2.75, 3.05) is 18.5 Å². The number of nitrogens with zero attached hydrogens (tertiary/aromatic N) is 2. The summed E-state index contributed by atoms with van der Waals surface area (Å²) >= 11 is 6.25. The highest BCUT2D eigenvalue weighted by molar-refractivity contribution is 6.30. The molecule has 1 atom stereocenters. The van der Waals surface area contributed by atoms with E-state index in [-0.39, 0.29) is 11.7 Å². The fourth-order valence-electron chi connectivity index (χ4n) is 4.25. The Labute approximate surface area is 178 Å². The second kappa shape index (κ2) is 7.45. The van der Waals surface area contributed by atoms with Crippen LogP contribution < -0.4 is 10.9 Å². The van der Waals surface area contributed by atoms with Crippen molar-refractivity contribution in [2.24, 2.45) is 0 Å². The van der Waals surface area contributed by atoms with E-state index in [1.54, 1.807) is 6.07 Å². The van der Waals surface area contributed by atoms with Crippen LogP contribution in [0.15, 0.2) is 41.3 Å². The number of hydrogen-bond donors (Lipinski definition) is 2. The molecule has 2 N–H and O–H groups in total. The molecule has 0 amide bonds. The van der Waals surface area contributed by atoms with Crippen molar-refractivity contribution in [1.29, 1.82) is 0 Å². The van der Waals surface area contributed by atoms with E-state index in [4.69, 9.17) is 21.3 Å². The first-order chi connectivity index (χ1) is 14.5. The molecule has 0 bridgehead atoms. The number of hydrogen-bond acceptors (Lipinski definition) is 4. The Kier molecular flexibility index (Phi) is 4.76.